The molecule has 3 aliphatic rings. The zero-order valence-electron chi connectivity index (χ0n) is 15.4. The second-order valence-electron chi connectivity index (χ2n) is 7.59. The van der Waals surface area contributed by atoms with E-state index in [1.165, 1.54) is 5.69 Å². The SMILES string of the molecule is CN1CCN(c2ccc(NC(=O)C3CSC4(C)CCC(=O)N34)cc2)CC1. The van der Waals surface area contributed by atoms with Crippen LogP contribution in [0, 0.1) is 0 Å². The summed E-state index contributed by atoms with van der Waals surface area (Å²) in [5.41, 5.74) is 1.98. The fraction of sp³-hybridized carbons (Fsp3) is 0.579. The minimum Gasteiger partial charge on any atom is -0.369 e. The smallest absolute Gasteiger partial charge is 0.248 e. The van der Waals surface area contributed by atoms with Crippen molar-refractivity contribution in [2.45, 2.75) is 30.7 Å². The van der Waals surface area contributed by atoms with Crippen LogP contribution in [0.2, 0.25) is 0 Å². The lowest BCUT2D eigenvalue weighted by atomic mass is 10.2. The van der Waals surface area contributed by atoms with Crippen LogP contribution in [0.5, 0.6) is 0 Å². The van der Waals surface area contributed by atoms with Crippen LogP contribution in [0.4, 0.5) is 11.4 Å². The molecule has 0 bridgehead atoms. The van der Waals surface area contributed by atoms with Gasteiger partial charge in [-0.3, -0.25) is 9.59 Å². The van der Waals surface area contributed by atoms with Crippen LogP contribution >= 0.6 is 11.8 Å². The maximum Gasteiger partial charge on any atom is 0.248 e. The summed E-state index contributed by atoms with van der Waals surface area (Å²) in [5, 5.41) is 3.00. The van der Waals surface area contributed by atoms with Gasteiger partial charge >= 0.3 is 0 Å². The number of nitrogens with zero attached hydrogens (tertiary/aromatic N) is 3. The van der Waals surface area contributed by atoms with Gasteiger partial charge in [-0.1, -0.05) is 0 Å². The Morgan fingerprint density at radius 2 is 1.88 bits per heavy atom. The van der Waals surface area contributed by atoms with Crippen molar-refractivity contribution in [1.29, 1.82) is 0 Å². The number of fused-ring (bicyclic) bond motifs is 1. The molecule has 140 valence electrons. The molecular formula is C19H26N4O2S. The van der Waals surface area contributed by atoms with Crippen LogP contribution < -0.4 is 10.2 Å². The van der Waals surface area contributed by atoms with Gasteiger partial charge in [-0.25, -0.2) is 0 Å². The Kier molecular flexibility index (Phi) is 4.61. The number of carbonyl (C=O) groups is 2. The van der Waals surface area contributed by atoms with Crippen molar-refractivity contribution in [2.75, 3.05) is 49.2 Å². The number of thioether (sulfide) groups is 1. The molecule has 0 spiro atoms. The molecule has 0 aliphatic carbocycles. The van der Waals surface area contributed by atoms with Crippen LogP contribution in [0.1, 0.15) is 19.8 Å². The third kappa shape index (κ3) is 3.18. The quantitative estimate of drug-likeness (QED) is 0.875. The summed E-state index contributed by atoms with van der Waals surface area (Å²) in [4.78, 5) is 31.2. The first kappa shape index (κ1) is 17.7. The van der Waals surface area contributed by atoms with E-state index >= 15 is 0 Å². The van der Waals surface area contributed by atoms with Gasteiger partial charge in [0.2, 0.25) is 11.8 Å². The topological polar surface area (TPSA) is 55.9 Å². The number of nitrogens with one attached hydrogen (secondary N) is 1. The minimum atomic E-state index is -0.364. The normalized spacial score (nSPS) is 29.2. The Labute approximate surface area is 158 Å². The van der Waals surface area contributed by atoms with E-state index in [-0.39, 0.29) is 22.7 Å². The van der Waals surface area contributed by atoms with Gasteiger partial charge in [0, 0.05) is 49.7 Å². The first-order valence-corrected chi connectivity index (χ1v) is 10.3. The zero-order chi connectivity index (χ0) is 18.3. The summed E-state index contributed by atoms with van der Waals surface area (Å²) in [7, 11) is 2.15. The predicted molar refractivity (Wildman–Crippen MR) is 106 cm³/mol. The molecule has 2 amide bonds. The van der Waals surface area contributed by atoms with E-state index < -0.39 is 0 Å². The summed E-state index contributed by atoms with van der Waals surface area (Å²) in [6, 6.07) is 7.68. The predicted octanol–water partition coefficient (Wildman–Crippen LogP) is 1.83. The van der Waals surface area contributed by atoms with E-state index in [1.54, 1.807) is 16.7 Å². The first-order valence-electron chi connectivity index (χ1n) is 9.27. The molecule has 1 aromatic carbocycles. The highest BCUT2D eigenvalue weighted by Crippen LogP contribution is 2.47. The van der Waals surface area contributed by atoms with E-state index in [1.807, 2.05) is 12.1 Å². The molecule has 26 heavy (non-hydrogen) atoms. The van der Waals surface area contributed by atoms with E-state index in [2.05, 4.69) is 41.2 Å². The zero-order valence-corrected chi connectivity index (χ0v) is 16.2. The van der Waals surface area contributed by atoms with E-state index in [0.717, 1.165) is 38.3 Å². The molecule has 7 heteroatoms. The van der Waals surface area contributed by atoms with Crippen molar-refractivity contribution >= 4 is 35.0 Å². The molecule has 3 fully saturated rings. The highest BCUT2D eigenvalue weighted by atomic mass is 32.2. The Bertz CT molecular complexity index is 702. The molecule has 6 nitrogen and oxygen atoms in total. The molecule has 0 aromatic heterocycles. The largest absolute Gasteiger partial charge is 0.369 e. The number of hydrogen-bond acceptors (Lipinski definition) is 5. The highest BCUT2D eigenvalue weighted by molar-refractivity contribution is 8.01. The van der Waals surface area contributed by atoms with E-state index in [0.29, 0.717) is 12.2 Å². The van der Waals surface area contributed by atoms with Crippen molar-refractivity contribution in [2.24, 2.45) is 0 Å². The van der Waals surface area contributed by atoms with Gasteiger partial charge in [-0.15, -0.1) is 11.8 Å². The molecule has 2 unspecified atom stereocenters. The highest BCUT2D eigenvalue weighted by Gasteiger charge is 2.52. The standard InChI is InChI=1S/C19H26N4O2S/c1-19-8-7-17(24)23(19)16(13-26-19)18(25)20-14-3-5-15(6-4-14)22-11-9-21(2)10-12-22/h3-6,16H,7-13H2,1-2H3,(H,20,25). The van der Waals surface area contributed by atoms with Crippen molar-refractivity contribution in [3.8, 4) is 0 Å². The first-order chi connectivity index (χ1) is 12.5. The van der Waals surface area contributed by atoms with Gasteiger partial charge in [-0.2, -0.15) is 0 Å². The van der Waals surface area contributed by atoms with Crippen molar-refractivity contribution in [1.82, 2.24) is 9.80 Å². The van der Waals surface area contributed by atoms with Crippen molar-refractivity contribution in [3.05, 3.63) is 24.3 Å². The molecule has 0 saturated carbocycles. The van der Waals surface area contributed by atoms with Gasteiger partial charge in [0.25, 0.3) is 0 Å². The van der Waals surface area contributed by atoms with E-state index in [9.17, 15) is 9.59 Å². The van der Waals surface area contributed by atoms with Crippen LogP contribution in [0.15, 0.2) is 24.3 Å². The molecule has 1 N–H and O–H groups in total. The monoisotopic (exact) mass is 374 g/mol. The van der Waals surface area contributed by atoms with Crippen LogP contribution in [-0.4, -0.2) is 71.5 Å². The Hall–Kier alpha value is -1.73. The Balaban J connectivity index is 1.40. The second-order valence-corrected chi connectivity index (χ2v) is 9.09. The van der Waals surface area contributed by atoms with Gasteiger partial charge < -0.3 is 20.0 Å². The molecule has 3 aliphatic heterocycles. The molecule has 4 rings (SSSR count). The summed E-state index contributed by atoms with van der Waals surface area (Å²) >= 11 is 1.72. The third-order valence-corrected chi connectivity index (χ3v) is 7.26. The number of rotatable bonds is 3. The Morgan fingerprint density at radius 3 is 2.58 bits per heavy atom. The maximum absolute atomic E-state index is 12.7. The summed E-state index contributed by atoms with van der Waals surface area (Å²) in [5.74, 6) is 0.694. The lowest BCUT2D eigenvalue weighted by Crippen LogP contribution is -2.48. The third-order valence-electron chi connectivity index (χ3n) is 5.75. The molecule has 3 saturated heterocycles. The number of amides is 2. The summed E-state index contributed by atoms with van der Waals surface area (Å²) in [6.45, 7) is 6.26. The number of piperazine rings is 1. The van der Waals surface area contributed by atoms with Crippen LogP contribution in [0.25, 0.3) is 0 Å². The fourth-order valence-corrected chi connectivity index (χ4v) is 5.49. The van der Waals surface area contributed by atoms with Crippen molar-refractivity contribution < 1.29 is 9.59 Å². The maximum atomic E-state index is 12.7. The van der Waals surface area contributed by atoms with Gasteiger partial charge in [0.1, 0.15) is 6.04 Å². The number of anilines is 2. The fourth-order valence-electron chi connectivity index (χ4n) is 4.06. The molecule has 0 radical (unpaired) electrons. The lowest BCUT2D eigenvalue weighted by Gasteiger charge is -2.34. The average molecular weight is 375 g/mol. The molecular weight excluding hydrogens is 348 g/mol. The summed E-state index contributed by atoms with van der Waals surface area (Å²) in [6.07, 6.45) is 1.38. The number of likely N-dealkylation sites (N-methyl/N-ethyl adjacent to an activating group) is 1. The van der Waals surface area contributed by atoms with Crippen LogP contribution in [-0.2, 0) is 9.59 Å². The molecule has 3 heterocycles. The molecule has 2 atom stereocenters. The number of carbonyl (C=O) groups excluding carboxylic acids is 2. The van der Waals surface area contributed by atoms with Gasteiger partial charge in [-0.05, 0) is 44.7 Å². The Morgan fingerprint density at radius 1 is 1.19 bits per heavy atom. The van der Waals surface area contributed by atoms with E-state index in [4.69, 9.17) is 0 Å². The van der Waals surface area contributed by atoms with Gasteiger partial charge in [0.15, 0.2) is 0 Å². The number of benzene rings is 1. The number of hydrogen-bond donors (Lipinski definition) is 1. The summed E-state index contributed by atoms with van der Waals surface area (Å²) < 4.78 is 0. The average Bonchev–Trinajstić information content (AvgIpc) is 3.13. The van der Waals surface area contributed by atoms with Gasteiger partial charge in [0.05, 0.1) is 4.87 Å². The minimum absolute atomic E-state index is 0.0798. The van der Waals surface area contributed by atoms with Crippen molar-refractivity contribution in [3.63, 3.8) is 0 Å². The molecule has 1 aromatic rings. The van der Waals surface area contributed by atoms with Crippen LogP contribution in [0.3, 0.4) is 0 Å². The lowest BCUT2D eigenvalue weighted by molar-refractivity contribution is -0.135. The second kappa shape index (κ2) is 6.78.